The standard InChI is InChI=1S/C14H24N4O2/c1-4-15-13-16-11(3)10-18(13)12-6-8-17(9-7-12)14(19)20-5-2/h10,12H,4-9H2,1-3H3,(H,15,16). The van der Waals surface area contributed by atoms with Crippen LogP contribution in [0, 0.1) is 6.92 Å². The predicted molar refractivity (Wildman–Crippen MR) is 78.0 cm³/mol. The van der Waals surface area contributed by atoms with Crippen molar-refractivity contribution in [2.75, 3.05) is 31.6 Å². The molecule has 0 spiro atoms. The Bertz CT molecular complexity index is 450. The minimum Gasteiger partial charge on any atom is -0.450 e. The quantitative estimate of drug-likeness (QED) is 0.920. The number of ether oxygens (including phenoxy) is 1. The highest BCUT2D eigenvalue weighted by Crippen LogP contribution is 2.26. The summed E-state index contributed by atoms with van der Waals surface area (Å²) in [7, 11) is 0. The van der Waals surface area contributed by atoms with Crippen molar-refractivity contribution in [3.8, 4) is 0 Å². The van der Waals surface area contributed by atoms with E-state index in [2.05, 4.69) is 28.0 Å². The highest BCUT2D eigenvalue weighted by Gasteiger charge is 2.25. The lowest BCUT2D eigenvalue weighted by Gasteiger charge is -2.32. The minimum absolute atomic E-state index is 0.195. The van der Waals surface area contributed by atoms with E-state index < -0.39 is 0 Å². The van der Waals surface area contributed by atoms with Crippen LogP contribution in [0.25, 0.3) is 0 Å². The van der Waals surface area contributed by atoms with Gasteiger partial charge in [0.15, 0.2) is 0 Å². The zero-order chi connectivity index (χ0) is 14.5. The average Bonchev–Trinajstić information content (AvgIpc) is 2.81. The van der Waals surface area contributed by atoms with E-state index in [1.54, 1.807) is 4.90 Å². The van der Waals surface area contributed by atoms with Crippen molar-refractivity contribution in [3.63, 3.8) is 0 Å². The first-order chi connectivity index (χ1) is 9.65. The summed E-state index contributed by atoms with van der Waals surface area (Å²) in [5, 5.41) is 3.30. The van der Waals surface area contributed by atoms with Gasteiger partial charge in [-0.15, -0.1) is 0 Å². The van der Waals surface area contributed by atoms with Gasteiger partial charge in [0, 0.05) is 31.9 Å². The van der Waals surface area contributed by atoms with E-state index in [0.29, 0.717) is 12.6 Å². The number of nitrogens with one attached hydrogen (secondary N) is 1. The van der Waals surface area contributed by atoms with Gasteiger partial charge in [0.1, 0.15) is 0 Å². The molecule has 0 saturated carbocycles. The number of amides is 1. The lowest BCUT2D eigenvalue weighted by atomic mass is 10.1. The number of carbonyl (C=O) groups excluding carboxylic acids is 1. The second-order valence-corrected chi connectivity index (χ2v) is 5.06. The van der Waals surface area contributed by atoms with Crippen LogP contribution in [0.5, 0.6) is 0 Å². The molecule has 0 aromatic carbocycles. The molecule has 2 heterocycles. The molecule has 0 atom stereocenters. The van der Waals surface area contributed by atoms with E-state index in [1.165, 1.54) is 0 Å². The molecule has 0 radical (unpaired) electrons. The first-order valence-electron chi connectivity index (χ1n) is 7.36. The zero-order valence-corrected chi connectivity index (χ0v) is 12.6. The fourth-order valence-corrected chi connectivity index (χ4v) is 2.62. The molecule has 112 valence electrons. The second-order valence-electron chi connectivity index (χ2n) is 5.06. The normalized spacial score (nSPS) is 16.2. The fourth-order valence-electron chi connectivity index (χ4n) is 2.62. The van der Waals surface area contributed by atoms with Crippen molar-refractivity contribution in [1.29, 1.82) is 0 Å². The highest BCUT2D eigenvalue weighted by molar-refractivity contribution is 5.67. The summed E-state index contributed by atoms with van der Waals surface area (Å²) in [6.07, 6.45) is 3.77. The zero-order valence-electron chi connectivity index (χ0n) is 12.6. The number of imidazole rings is 1. The number of nitrogens with zero attached hydrogens (tertiary/aromatic N) is 3. The van der Waals surface area contributed by atoms with Crippen molar-refractivity contribution in [2.24, 2.45) is 0 Å². The molecule has 1 aromatic rings. The molecule has 1 saturated heterocycles. The van der Waals surface area contributed by atoms with E-state index >= 15 is 0 Å². The van der Waals surface area contributed by atoms with E-state index in [1.807, 2.05) is 13.8 Å². The van der Waals surface area contributed by atoms with Crippen molar-refractivity contribution in [3.05, 3.63) is 11.9 Å². The number of hydrogen-bond donors (Lipinski definition) is 1. The van der Waals surface area contributed by atoms with Crippen LogP contribution in [0.1, 0.15) is 38.4 Å². The van der Waals surface area contributed by atoms with Gasteiger partial charge in [-0.1, -0.05) is 0 Å². The lowest BCUT2D eigenvalue weighted by molar-refractivity contribution is 0.0928. The minimum atomic E-state index is -0.195. The van der Waals surface area contributed by atoms with Crippen molar-refractivity contribution in [1.82, 2.24) is 14.5 Å². The number of anilines is 1. The molecule has 0 aliphatic carbocycles. The van der Waals surface area contributed by atoms with Crippen LogP contribution in [0.4, 0.5) is 10.7 Å². The molecule has 2 rings (SSSR count). The van der Waals surface area contributed by atoms with E-state index in [4.69, 9.17) is 4.74 Å². The predicted octanol–water partition coefficient (Wildman–Crippen LogP) is 2.42. The molecule has 1 N–H and O–H groups in total. The Kier molecular flexibility index (Phi) is 4.87. The maximum atomic E-state index is 11.7. The summed E-state index contributed by atoms with van der Waals surface area (Å²) in [6.45, 7) is 8.69. The van der Waals surface area contributed by atoms with Crippen LogP contribution < -0.4 is 5.32 Å². The Morgan fingerprint density at radius 1 is 1.45 bits per heavy atom. The van der Waals surface area contributed by atoms with Crippen LogP contribution in [-0.4, -0.2) is 46.8 Å². The smallest absolute Gasteiger partial charge is 0.409 e. The van der Waals surface area contributed by atoms with Crippen LogP contribution >= 0.6 is 0 Å². The lowest BCUT2D eigenvalue weighted by Crippen LogP contribution is -2.39. The van der Waals surface area contributed by atoms with Crippen molar-refractivity contribution >= 4 is 12.0 Å². The number of piperidine rings is 1. The van der Waals surface area contributed by atoms with Gasteiger partial charge in [-0.2, -0.15) is 0 Å². The Morgan fingerprint density at radius 2 is 2.15 bits per heavy atom. The summed E-state index contributed by atoms with van der Waals surface area (Å²) in [6, 6.07) is 0.399. The Balaban J connectivity index is 1.98. The van der Waals surface area contributed by atoms with Crippen molar-refractivity contribution < 1.29 is 9.53 Å². The van der Waals surface area contributed by atoms with Gasteiger partial charge in [-0.25, -0.2) is 9.78 Å². The summed E-state index contributed by atoms with van der Waals surface area (Å²) in [4.78, 5) is 18.0. The molecule has 0 unspecified atom stereocenters. The number of carbonyl (C=O) groups is 1. The Labute approximate surface area is 120 Å². The molecule has 1 aliphatic heterocycles. The highest BCUT2D eigenvalue weighted by atomic mass is 16.6. The summed E-state index contributed by atoms with van der Waals surface area (Å²) >= 11 is 0. The van der Waals surface area contributed by atoms with Crippen LogP contribution in [0.2, 0.25) is 0 Å². The molecule has 6 heteroatoms. The molecular formula is C14H24N4O2. The average molecular weight is 280 g/mol. The third-order valence-electron chi connectivity index (χ3n) is 3.57. The third kappa shape index (κ3) is 3.23. The van der Waals surface area contributed by atoms with Gasteiger partial charge in [0.05, 0.1) is 12.3 Å². The molecule has 1 amide bonds. The van der Waals surface area contributed by atoms with E-state index in [-0.39, 0.29) is 6.09 Å². The molecule has 1 aromatic heterocycles. The molecule has 6 nitrogen and oxygen atoms in total. The summed E-state index contributed by atoms with van der Waals surface area (Å²) < 4.78 is 7.25. The topological polar surface area (TPSA) is 59.4 Å². The molecule has 20 heavy (non-hydrogen) atoms. The monoisotopic (exact) mass is 280 g/mol. The maximum Gasteiger partial charge on any atom is 0.409 e. The maximum absolute atomic E-state index is 11.7. The number of likely N-dealkylation sites (tertiary alicyclic amines) is 1. The SMILES string of the molecule is CCNc1nc(C)cn1C1CCN(C(=O)OCC)CC1. The summed E-state index contributed by atoms with van der Waals surface area (Å²) in [5.41, 5.74) is 1.02. The number of hydrogen-bond acceptors (Lipinski definition) is 4. The second kappa shape index (κ2) is 6.63. The van der Waals surface area contributed by atoms with Gasteiger partial charge in [-0.3, -0.25) is 0 Å². The fraction of sp³-hybridized carbons (Fsp3) is 0.714. The van der Waals surface area contributed by atoms with Crippen LogP contribution in [0.15, 0.2) is 6.20 Å². The first kappa shape index (κ1) is 14.7. The van der Waals surface area contributed by atoms with Gasteiger partial charge in [-0.05, 0) is 33.6 Å². The Morgan fingerprint density at radius 3 is 2.75 bits per heavy atom. The van der Waals surface area contributed by atoms with Gasteiger partial charge < -0.3 is 19.5 Å². The van der Waals surface area contributed by atoms with Gasteiger partial charge in [0.2, 0.25) is 5.95 Å². The van der Waals surface area contributed by atoms with E-state index in [0.717, 1.165) is 44.1 Å². The van der Waals surface area contributed by atoms with Gasteiger partial charge >= 0.3 is 6.09 Å². The summed E-state index contributed by atoms with van der Waals surface area (Å²) in [5.74, 6) is 0.930. The molecule has 0 bridgehead atoms. The first-order valence-corrected chi connectivity index (χ1v) is 7.36. The molecular weight excluding hydrogens is 256 g/mol. The molecule has 1 fully saturated rings. The Hall–Kier alpha value is -1.72. The van der Waals surface area contributed by atoms with Crippen molar-refractivity contribution in [2.45, 2.75) is 39.7 Å². The number of aromatic nitrogens is 2. The number of rotatable bonds is 4. The van der Waals surface area contributed by atoms with Crippen LogP contribution in [-0.2, 0) is 4.74 Å². The van der Waals surface area contributed by atoms with Crippen LogP contribution in [0.3, 0.4) is 0 Å². The molecule has 1 aliphatic rings. The van der Waals surface area contributed by atoms with E-state index in [9.17, 15) is 4.79 Å². The number of aryl methyl sites for hydroxylation is 1. The third-order valence-corrected chi connectivity index (χ3v) is 3.57. The largest absolute Gasteiger partial charge is 0.450 e. The van der Waals surface area contributed by atoms with Gasteiger partial charge in [0.25, 0.3) is 0 Å².